The molecule has 1 aliphatic heterocycles. The highest BCUT2D eigenvalue weighted by Crippen LogP contribution is 2.27. The Hall–Kier alpha value is -3.20. The van der Waals surface area contributed by atoms with E-state index in [2.05, 4.69) is 30.8 Å². The molecule has 2 fully saturated rings. The molecule has 2 heterocycles. The van der Waals surface area contributed by atoms with Crippen LogP contribution in [-0.4, -0.2) is 59.1 Å². The molecule has 0 unspecified atom stereocenters. The number of methoxy groups -OCH3 is 1. The van der Waals surface area contributed by atoms with Gasteiger partial charge in [0.15, 0.2) is 5.82 Å². The number of aromatic nitrogens is 2. The van der Waals surface area contributed by atoms with Crippen molar-refractivity contribution >= 4 is 23.4 Å². The van der Waals surface area contributed by atoms with E-state index >= 15 is 0 Å². The number of hydrogen-bond acceptors (Lipinski definition) is 6. The van der Waals surface area contributed by atoms with Gasteiger partial charge < -0.3 is 15.4 Å². The molecule has 1 saturated carbocycles. The third-order valence-corrected chi connectivity index (χ3v) is 6.38. The first kappa shape index (κ1) is 23.0. The summed E-state index contributed by atoms with van der Waals surface area (Å²) in [6.07, 6.45) is 10.6. The molecule has 0 radical (unpaired) electrons. The van der Waals surface area contributed by atoms with Crippen molar-refractivity contribution in [3.05, 3.63) is 41.9 Å². The van der Waals surface area contributed by atoms with Gasteiger partial charge in [-0.05, 0) is 44.4 Å². The number of urea groups is 1. The molecule has 33 heavy (non-hydrogen) atoms. The van der Waals surface area contributed by atoms with Gasteiger partial charge in [-0.3, -0.25) is 20.0 Å². The molecule has 0 bridgehead atoms. The van der Waals surface area contributed by atoms with Crippen molar-refractivity contribution in [2.75, 3.05) is 30.8 Å². The van der Waals surface area contributed by atoms with Crippen LogP contribution >= 0.6 is 0 Å². The average molecular weight is 453 g/mol. The van der Waals surface area contributed by atoms with Crippen LogP contribution in [0.15, 0.2) is 30.6 Å². The lowest BCUT2D eigenvalue weighted by Crippen LogP contribution is -2.40. The van der Waals surface area contributed by atoms with E-state index in [4.69, 9.17) is 4.74 Å². The van der Waals surface area contributed by atoms with Crippen LogP contribution in [-0.2, 0) is 0 Å². The summed E-state index contributed by atoms with van der Waals surface area (Å²) in [6.45, 7) is 3.77. The van der Waals surface area contributed by atoms with E-state index in [9.17, 15) is 9.59 Å². The minimum absolute atomic E-state index is 0.130. The summed E-state index contributed by atoms with van der Waals surface area (Å²) < 4.78 is 5.41. The predicted octanol–water partition coefficient (Wildman–Crippen LogP) is 3.57. The van der Waals surface area contributed by atoms with E-state index in [1.807, 2.05) is 6.92 Å². The number of amides is 3. The van der Waals surface area contributed by atoms with Crippen LogP contribution in [0.1, 0.15) is 54.6 Å². The van der Waals surface area contributed by atoms with Gasteiger partial charge in [0.2, 0.25) is 0 Å². The van der Waals surface area contributed by atoms with E-state index in [0.717, 1.165) is 25.2 Å². The summed E-state index contributed by atoms with van der Waals surface area (Å²) >= 11 is 0. The highest BCUT2D eigenvalue weighted by Gasteiger charge is 2.30. The number of rotatable bonds is 6. The largest absolute Gasteiger partial charge is 0.495 e. The number of anilines is 2. The number of ether oxygens (including phenoxy) is 1. The highest BCUT2D eigenvalue weighted by atomic mass is 16.5. The summed E-state index contributed by atoms with van der Waals surface area (Å²) in [6, 6.07) is 5.35. The maximum atomic E-state index is 12.9. The number of likely N-dealkylation sites (tertiary alicyclic amines) is 1. The summed E-state index contributed by atoms with van der Waals surface area (Å²) in [5.41, 5.74) is 1.71. The monoisotopic (exact) mass is 452 g/mol. The molecule has 1 atom stereocenters. The first-order valence-electron chi connectivity index (χ1n) is 11.6. The summed E-state index contributed by atoms with van der Waals surface area (Å²) in [5, 5.41) is 8.51. The van der Waals surface area contributed by atoms with Gasteiger partial charge in [-0.2, -0.15) is 0 Å². The smallest absolute Gasteiger partial charge is 0.324 e. The molecule has 1 aromatic heterocycles. The Morgan fingerprint density at radius 1 is 1.06 bits per heavy atom. The summed E-state index contributed by atoms with van der Waals surface area (Å²) in [5.74, 6) is 0.615. The lowest BCUT2D eigenvalue weighted by Gasteiger charge is -2.31. The van der Waals surface area contributed by atoms with Crippen LogP contribution in [0.3, 0.4) is 0 Å². The molecule has 1 saturated heterocycles. The minimum Gasteiger partial charge on any atom is -0.495 e. The standard InChI is InChI=1S/C24H32N6O3/c1-16-13-26-22(14-25-16)29-24(32)28-20-9-8-17(12-21(20)33-2)23(31)27-18-10-11-30(15-18)19-6-4-3-5-7-19/h8-9,12-14,18-19H,3-7,10-11,15H2,1-2H3,(H,27,31)(H2,26,28,29,32)/t18-/m1/s1. The number of nitrogens with one attached hydrogen (secondary N) is 3. The molecule has 4 rings (SSSR count). The van der Waals surface area contributed by atoms with E-state index in [1.54, 1.807) is 24.4 Å². The molecule has 176 valence electrons. The van der Waals surface area contributed by atoms with Gasteiger partial charge in [-0.25, -0.2) is 9.78 Å². The zero-order valence-electron chi connectivity index (χ0n) is 19.3. The molecule has 1 aliphatic carbocycles. The van der Waals surface area contributed by atoms with Gasteiger partial charge in [0, 0.05) is 30.7 Å². The van der Waals surface area contributed by atoms with Gasteiger partial charge >= 0.3 is 6.03 Å². The number of nitrogens with zero attached hydrogens (tertiary/aromatic N) is 3. The molecule has 9 heteroatoms. The molecule has 3 N–H and O–H groups in total. The quantitative estimate of drug-likeness (QED) is 0.618. The molecule has 2 aliphatic rings. The van der Waals surface area contributed by atoms with Crippen molar-refractivity contribution in [2.24, 2.45) is 0 Å². The molecule has 1 aromatic carbocycles. The fourth-order valence-corrected chi connectivity index (χ4v) is 4.61. The lowest BCUT2D eigenvalue weighted by atomic mass is 9.94. The van der Waals surface area contributed by atoms with Crippen molar-refractivity contribution in [2.45, 2.75) is 57.5 Å². The maximum absolute atomic E-state index is 12.9. The summed E-state index contributed by atoms with van der Waals surface area (Å²) in [7, 11) is 1.50. The number of carbonyl (C=O) groups excluding carboxylic acids is 2. The van der Waals surface area contributed by atoms with Crippen LogP contribution in [0, 0.1) is 6.92 Å². The maximum Gasteiger partial charge on any atom is 0.324 e. The van der Waals surface area contributed by atoms with E-state index < -0.39 is 6.03 Å². The first-order valence-corrected chi connectivity index (χ1v) is 11.6. The molecule has 9 nitrogen and oxygen atoms in total. The van der Waals surface area contributed by atoms with E-state index in [-0.39, 0.29) is 11.9 Å². The van der Waals surface area contributed by atoms with Crippen molar-refractivity contribution in [1.82, 2.24) is 20.2 Å². The average Bonchev–Trinajstić information content (AvgIpc) is 3.30. The molecular formula is C24H32N6O3. The topological polar surface area (TPSA) is 108 Å². The SMILES string of the molecule is COc1cc(C(=O)N[C@@H]2CCN(C3CCCCC3)C2)ccc1NC(=O)Nc1cnc(C)cn1. The second kappa shape index (κ2) is 10.6. The molecule has 2 aromatic rings. The van der Waals surface area contributed by atoms with Crippen LogP contribution in [0.4, 0.5) is 16.3 Å². The number of aryl methyl sites for hydroxylation is 1. The fraction of sp³-hybridized carbons (Fsp3) is 0.500. The van der Waals surface area contributed by atoms with Gasteiger partial charge in [-0.1, -0.05) is 19.3 Å². The third-order valence-electron chi connectivity index (χ3n) is 6.38. The first-order chi connectivity index (χ1) is 16.0. The minimum atomic E-state index is -0.475. The molecular weight excluding hydrogens is 420 g/mol. The van der Waals surface area contributed by atoms with Crippen LogP contribution in [0.5, 0.6) is 5.75 Å². The Morgan fingerprint density at radius 2 is 1.88 bits per heavy atom. The highest BCUT2D eigenvalue weighted by molar-refractivity contribution is 6.01. The molecule has 3 amide bonds. The Labute approximate surface area is 194 Å². The van der Waals surface area contributed by atoms with Crippen LogP contribution in [0.2, 0.25) is 0 Å². The summed E-state index contributed by atoms with van der Waals surface area (Å²) in [4.78, 5) is 35.9. The Morgan fingerprint density at radius 3 is 2.61 bits per heavy atom. The molecule has 0 spiro atoms. The normalized spacial score (nSPS) is 19.2. The van der Waals surface area contributed by atoms with Crippen molar-refractivity contribution in [3.8, 4) is 5.75 Å². The Balaban J connectivity index is 1.33. The zero-order valence-corrected chi connectivity index (χ0v) is 19.3. The Bertz CT molecular complexity index is 975. The Kier molecular flexibility index (Phi) is 7.39. The number of carbonyl (C=O) groups is 2. The lowest BCUT2D eigenvalue weighted by molar-refractivity contribution is 0.0934. The number of hydrogen-bond donors (Lipinski definition) is 3. The van der Waals surface area contributed by atoms with Gasteiger partial charge in [0.25, 0.3) is 5.91 Å². The second-order valence-electron chi connectivity index (χ2n) is 8.78. The van der Waals surface area contributed by atoms with Gasteiger partial charge in [0.05, 0.1) is 30.9 Å². The van der Waals surface area contributed by atoms with Crippen molar-refractivity contribution in [1.29, 1.82) is 0 Å². The number of benzene rings is 1. The zero-order chi connectivity index (χ0) is 23.2. The predicted molar refractivity (Wildman–Crippen MR) is 127 cm³/mol. The van der Waals surface area contributed by atoms with Gasteiger partial charge in [0.1, 0.15) is 5.75 Å². The second-order valence-corrected chi connectivity index (χ2v) is 8.78. The van der Waals surface area contributed by atoms with Crippen molar-refractivity contribution < 1.29 is 14.3 Å². The van der Waals surface area contributed by atoms with Gasteiger partial charge in [-0.15, -0.1) is 0 Å². The van der Waals surface area contributed by atoms with E-state index in [0.29, 0.717) is 28.9 Å². The van der Waals surface area contributed by atoms with Crippen molar-refractivity contribution in [3.63, 3.8) is 0 Å². The van der Waals surface area contributed by atoms with Crippen LogP contribution < -0.4 is 20.7 Å². The third kappa shape index (κ3) is 5.98. The van der Waals surface area contributed by atoms with Crippen LogP contribution in [0.25, 0.3) is 0 Å². The van der Waals surface area contributed by atoms with E-state index in [1.165, 1.54) is 45.4 Å². The fourth-order valence-electron chi connectivity index (χ4n) is 4.61.